The summed E-state index contributed by atoms with van der Waals surface area (Å²) in [6, 6.07) is 0.397. The van der Waals surface area contributed by atoms with E-state index in [0.29, 0.717) is 18.2 Å². The van der Waals surface area contributed by atoms with Gasteiger partial charge in [0.1, 0.15) is 5.54 Å². The van der Waals surface area contributed by atoms with Gasteiger partial charge in [0.25, 0.3) is 0 Å². The Balaban J connectivity index is 2.31. The molecule has 1 unspecified atom stereocenters. The van der Waals surface area contributed by atoms with Gasteiger partial charge < -0.3 is 10.2 Å². The lowest BCUT2D eigenvalue weighted by Gasteiger charge is -2.26. The second-order valence-corrected chi connectivity index (χ2v) is 5.37. The van der Waals surface area contributed by atoms with Gasteiger partial charge in [-0.2, -0.15) is 11.8 Å². The van der Waals surface area contributed by atoms with Gasteiger partial charge >= 0.3 is 5.97 Å². The van der Waals surface area contributed by atoms with Gasteiger partial charge in [-0.25, -0.2) is 0 Å². The largest absolute Gasteiger partial charge is 0.480 e. The number of aliphatic hydroxyl groups is 1. The van der Waals surface area contributed by atoms with E-state index in [1.807, 2.05) is 0 Å². The summed E-state index contributed by atoms with van der Waals surface area (Å²) in [5, 5.41) is 20.9. The Kier molecular flexibility index (Phi) is 4.89. The van der Waals surface area contributed by atoms with E-state index >= 15 is 0 Å². The van der Waals surface area contributed by atoms with E-state index in [4.69, 9.17) is 10.2 Å². The maximum Gasteiger partial charge on any atom is 0.323 e. The summed E-state index contributed by atoms with van der Waals surface area (Å²) >= 11 is 1.59. The first-order valence-corrected chi connectivity index (χ1v) is 6.43. The van der Waals surface area contributed by atoms with E-state index in [9.17, 15) is 4.79 Å². The maximum absolute atomic E-state index is 11.1. The first kappa shape index (κ1) is 12.8. The fourth-order valence-corrected chi connectivity index (χ4v) is 2.25. The zero-order chi connectivity index (χ0) is 11.3. The van der Waals surface area contributed by atoms with Crippen molar-refractivity contribution in [1.29, 1.82) is 0 Å². The van der Waals surface area contributed by atoms with Crippen molar-refractivity contribution >= 4 is 17.7 Å². The first-order chi connectivity index (χ1) is 7.08. The Morgan fingerprint density at radius 2 is 2.20 bits per heavy atom. The molecule has 0 aromatic carbocycles. The topological polar surface area (TPSA) is 69.6 Å². The molecule has 0 aromatic rings. The molecule has 4 nitrogen and oxygen atoms in total. The van der Waals surface area contributed by atoms with Gasteiger partial charge in [0.15, 0.2) is 0 Å². The smallest absolute Gasteiger partial charge is 0.323 e. The maximum atomic E-state index is 11.1. The molecule has 0 heterocycles. The highest BCUT2D eigenvalue weighted by atomic mass is 32.2. The summed E-state index contributed by atoms with van der Waals surface area (Å²) in [7, 11) is 0. The molecule has 0 amide bonds. The van der Waals surface area contributed by atoms with Crippen LogP contribution in [0.15, 0.2) is 0 Å². The standard InChI is InChI=1S/C10H19NO3S/c1-10(9(13)14,11-8-2-3-8)4-6-15-7-5-12/h8,11-12H,2-7H2,1H3,(H,13,14). The van der Waals surface area contributed by atoms with E-state index in [1.165, 1.54) is 0 Å². The SMILES string of the molecule is CC(CCSCCO)(NC1CC1)C(=O)O. The molecule has 1 aliphatic rings. The Labute approximate surface area is 94.4 Å². The highest BCUT2D eigenvalue weighted by Crippen LogP contribution is 2.25. The molecule has 0 spiro atoms. The van der Waals surface area contributed by atoms with Crippen molar-refractivity contribution in [2.75, 3.05) is 18.1 Å². The molecule has 15 heavy (non-hydrogen) atoms. The van der Waals surface area contributed by atoms with Crippen molar-refractivity contribution in [2.24, 2.45) is 0 Å². The van der Waals surface area contributed by atoms with E-state index < -0.39 is 11.5 Å². The number of carboxylic acids is 1. The summed E-state index contributed by atoms with van der Waals surface area (Å²) in [4.78, 5) is 11.1. The second kappa shape index (κ2) is 5.72. The molecule has 1 aliphatic carbocycles. The van der Waals surface area contributed by atoms with Gasteiger partial charge in [-0.05, 0) is 31.9 Å². The Morgan fingerprint density at radius 3 is 2.67 bits per heavy atom. The summed E-state index contributed by atoms with van der Waals surface area (Å²) in [5.74, 6) is 0.668. The number of thioether (sulfide) groups is 1. The van der Waals surface area contributed by atoms with Gasteiger partial charge in [-0.1, -0.05) is 0 Å². The predicted molar refractivity (Wildman–Crippen MR) is 61.2 cm³/mol. The van der Waals surface area contributed by atoms with Crippen LogP contribution < -0.4 is 5.32 Å². The van der Waals surface area contributed by atoms with Crippen LogP contribution in [-0.2, 0) is 4.79 Å². The lowest BCUT2D eigenvalue weighted by atomic mass is 9.99. The van der Waals surface area contributed by atoms with Crippen molar-refractivity contribution in [3.05, 3.63) is 0 Å². The van der Waals surface area contributed by atoms with Crippen molar-refractivity contribution in [3.63, 3.8) is 0 Å². The molecule has 88 valence electrons. The van der Waals surface area contributed by atoms with E-state index in [0.717, 1.165) is 18.6 Å². The lowest BCUT2D eigenvalue weighted by molar-refractivity contribution is -0.144. The minimum atomic E-state index is -0.802. The monoisotopic (exact) mass is 233 g/mol. The van der Waals surface area contributed by atoms with Crippen LogP contribution >= 0.6 is 11.8 Å². The highest BCUT2D eigenvalue weighted by molar-refractivity contribution is 7.99. The van der Waals surface area contributed by atoms with E-state index in [2.05, 4.69) is 5.32 Å². The molecule has 1 rings (SSSR count). The second-order valence-electron chi connectivity index (χ2n) is 4.14. The van der Waals surface area contributed by atoms with Gasteiger partial charge in [-0.3, -0.25) is 10.1 Å². The van der Waals surface area contributed by atoms with Crippen LogP contribution in [0.3, 0.4) is 0 Å². The molecule has 0 aliphatic heterocycles. The normalized spacial score (nSPS) is 19.9. The predicted octanol–water partition coefficient (Wildman–Crippen LogP) is 0.697. The lowest BCUT2D eigenvalue weighted by Crippen LogP contribution is -2.51. The van der Waals surface area contributed by atoms with Crippen LogP contribution in [0.1, 0.15) is 26.2 Å². The van der Waals surface area contributed by atoms with Gasteiger partial charge in [0.05, 0.1) is 6.61 Å². The Bertz CT molecular complexity index is 221. The van der Waals surface area contributed by atoms with Crippen molar-refractivity contribution in [2.45, 2.75) is 37.8 Å². The number of rotatable bonds is 8. The number of carbonyl (C=O) groups is 1. The molecule has 3 N–H and O–H groups in total. The quantitative estimate of drug-likeness (QED) is 0.538. The van der Waals surface area contributed by atoms with Crippen LogP contribution in [0.4, 0.5) is 0 Å². The van der Waals surface area contributed by atoms with Crippen molar-refractivity contribution < 1.29 is 15.0 Å². The third kappa shape index (κ3) is 4.40. The fourth-order valence-electron chi connectivity index (χ4n) is 1.36. The van der Waals surface area contributed by atoms with E-state index in [-0.39, 0.29) is 6.61 Å². The summed E-state index contributed by atoms with van der Waals surface area (Å²) in [6.45, 7) is 1.90. The van der Waals surface area contributed by atoms with Crippen LogP contribution in [-0.4, -0.2) is 45.9 Å². The Morgan fingerprint density at radius 1 is 1.53 bits per heavy atom. The van der Waals surface area contributed by atoms with Crippen LogP contribution in [0.25, 0.3) is 0 Å². The summed E-state index contributed by atoms with van der Waals surface area (Å²) in [5.41, 5.74) is -0.802. The number of hydrogen-bond acceptors (Lipinski definition) is 4. The molecule has 0 aromatic heterocycles. The summed E-state index contributed by atoms with van der Waals surface area (Å²) < 4.78 is 0. The highest BCUT2D eigenvalue weighted by Gasteiger charge is 2.37. The molecule has 1 saturated carbocycles. The number of aliphatic hydroxyl groups excluding tert-OH is 1. The van der Waals surface area contributed by atoms with Crippen molar-refractivity contribution in [1.82, 2.24) is 5.32 Å². The molecule has 0 bridgehead atoms. The zero-order valence-corrected chi connectivity index (χ0v) is 9.85. The number of nitrogens with one attached hydrogen (secondary N) is 1. The van der Waals surface area contributed by atoms with Gasteiger partial charge in [0.2, 0.25) is 0 Å². The molecule has 5 heteroatoms. The molecular weight excluding hydrogens is 214 g/mol. The minimum Gasteiger partial charge on any atom is -0.480 e. The Hall–Kier alpha value is -0.260. The number of aliphatic carboxylic acids is 1. The average Bonchev–Trinajstić information content (AvgIpc) is 2.96. The number of hydrogen-bond donors (Lipinski definition) is 3. The van der Waals surface area contributed by atoms with Crippen LogP contribution in [0.2, 0.25) is 0 Å². The average molecular weight is 233 g/mol. The molecular formula is C10H19NO3S. The minimum absolute atomic E-state index is 0.157. The fraction of sp³-hybridized carbons (Fsp3) is 0.900. The van der Waals surface area contributed by atoms with Crippen molar-refractivity contribution in [3.8, 4) is 0 Å². The summed E-state index contributed by atoms with van der Waals surface area (Å²) in [6.07, 6.45) is 2.78. The zero-order valence-electron chi connectivity index (χ0n) is 9.03. The van der Waals surface area contributed by atoms with Gasteiger partial charge in [0, 0.05) is 11.8 Å². The van der Waals surface area contributed by atoms with E-state index in [1.54, 1.807) is 18.7 Å². The first-order valence-electron chi connectivity index (χ1n) is 5.28. The van der Waals surface area contributed by atoms with Gasteiger partial charge in [-0.15, -0.1) is 0 Å². The molecule has 1 atom stereocenters. The third-order valence-electron chi connectivity index (χ3n) is 2.55. The molecule has 0 saturated heterocycles. The number of carboxylic acid groups (broad SMARTS) is 1. The van der Waals surface area contributed by atoms with Crippen LogP contribution in [0, 0.1) is 0 Å². The van der Waals surface area contributed by atoms with Crippen LogP contribution in [0.5, 0.6) is 0 Å². The third-order valence-corrected chi connectivity index (χ3v) is 3.52. The molecule has 1 fully saturated rings. The molecule has 0 radical (unpaired) electrons.